The van der Waals surface area contributed by atoms with E-state index >= 15 is 0 Å². The minimum absolute atomic E-state index is 0.486. The van der Waals surface area contributed by atoms with E-state index in [2.05, 4.69) is 95.3 Å². The second-order valence-corrected chi connectivity index (χ2v) is 50.9. The molecule has 2 heteroatoms. The first-order valence-electron chi connectivity index (χ1n) is 9.09. The summed E-state index contributed by atoms with van der Waals surface area (Å²) in [5, 5.41) is 10.6. The zero-order chi connectivity index (χ0) is 17.3. The van der Waals surface area contributed by atoms with Crippen LogP contribution in [0.1, 0.15) is 21.8 Å². The molecule has 2 aliphatic rings. The van der Waals surface area contributed by atoms with Crippen molar-refractivity contribution in [3.63, 3.8) is 0 Å². The van der Waals surface area contributed by atoms with Crippen molar-refractivity contribution in [3.05, 3.63) is 81.8 Å². The van der Waals surface area contributed by atoms with Crippen LogP contribution in [-0.2, 0) is 11.5 Å². The standard InChI is InChI=1S/C13H9.C5H5.4CH3.H2Si.Ti/c1-3-7-12-10(5-1)9-11-6-2-4-8-13(11)12;1-2-4-5-3-1;;;;;;/h1-9H;1-3H,4H2;4*1H3;1H2;. The van der Waals surface area contributed by atoms with Crippen LogP contribution >= 0.6 is 0 Å². The van der Waals surface area contributed by atoms with Crippen LogP contribution in [0, 0.1) is 0 Å². The molecular weight excluding hydrogens is 340 g/mol. The van der Waals surface area contributed by atoms with E-state index < -0.39 is 11.5 Å². The topological polar surface area (TPSA) is 0 Å². The fourth-order valence-electron chi connectivity index (χ4n) is 5.39. The van der Waals surface area contributed by atoms with Gasteiger partial charge in [0, 0.05) is 0 Å². The molecule has 0 atom stereocenters. The molecule has 0 N–H and O–H groups in total. The number of benzene rings is 2. The predicted octanol–water partition coefficient (Wildman–Crippen LogP) is 6.10. The van der Waals surface area contributed by atoms with E-state index in [-0.39, 0.29) is 0 Å². The maximum atomic E-state index is 2.65. The molecule has 0 aromatic heterocycles. The molecule has 0 amide bonds. The van der Waals surface area contributed by atoms with Crippen molar-refractivity contribution in [1.29, 1.82) is 0 Å². The fraction of sp³-hybridized carbons (Fsp3) is 0.273. The second-order valence-electron chi connectivity index (χ2n) is 12.0. The Morgan fingerprint density at radius 1 is 0.833 bits per heavy atom. The van der Waals surface area contributed by atoms with Crippen LogP contribution in [0.2, 0.25) is 20.9 Å². The summed E-state index contributed by atoms with van der Waals surface area (Å²) >= 11 is -4.04. The number of allylic oxidation sites excluding steroid dienone is 4. The molecule has 2 aliphatic carbocycles. The summed E-state index contributed by atoms with van der Waals surface area (Å²) in [5.41, 5.74) is 5.95. The molecule has 2 aromatic carbocycles. The van der Waals surface area contributed by atoms with Crippen LogP contribution in [0.5, 0.6) is 0 Å². The molecule has 0 fully saturated rings. The Hall–Kier alpha value is -1.15. The zero-order valence-electron chi connectivity index (χ0n) is 15.3. The third kappa shape index (κ3) is 2.02. The van der Waals surface area contributed by atoms with Gasteiger partial charge < -0.3 is 0 Å². The van der Waals surface area contributed by atoms with Crippen LogP contribution in [0.3, 0.4) is 0 Å². The summed E-state index contributed by atoms with van der Waals surface area (Å²) in [7, 11) is 2.35. The van der Waals surface area contributed by atoms with Gasteiger partial charge in [0.1, 0.15) is 0 Å². The van der Waals surface area contributed by atoms with Gasteiger partial charge in [-0.1, -0.05) is 0 Å². The second kappa shape index (κ2) is 3.82. The van der Waals surface area contributed by atoms with Crippen molar-refractivity contribution in [2.24, 2.45) is 0 Å². The van der Waals surface area contributed by atoms with Crippen LogP contribution in [0.15, 0.2) is 70.6 Å². The zero-order valence-corrected chi connectivity index (χ0v) is 18.3. The van der Waals surface area contributed by atoms with E-state index in [9.17, 15) is 0 Å². The van der Waals surface area contributed by atoms with Crippen LogP contribution in [0.25, 0.3) is 11.1 Å². The fourth-order valence-corrected chi connectivity index (χ4v) is 18.1. The Labute approximate surface area is 143 Å². The molecule has 0 saturated carbocycles. The maximum absolute atomic E-state index is 4.04. The Kier molecular flexibility index (Phi) is 2.60. The molecule has 24 heavy (non-hydrogen) atoms. The molecule has 0 bridgehead atoms. The Morgan fingerprint density at radius 2 is 1.33 bits per heavy atom. The van der Waals surface area contributed by atoms with Gasteiger partial charge in [-0.05, 0) is 0 Å². The summed E-state index contributed by atoms with van der Waals surface area (Å²) in [6, 6.07) is 18.2. The molecule has 0 spiro atoms. The van der Waals surface area contributed by atoms with E-state index in [1.165, 1.54) is 22.3 Å². The molecule has 0 radical (unpaired) electrons. The molecule has 0 saturated heterocycles. The van der Waals surface area contributed by atoms with Gasteiger partial charge >= 0.3 is 144 Å². The Morgan fingerprint density at radius 3 is 1.79 bits per heavy atom. The average molecular weight is 368 g/mol. The first-order chi connectivity index (χ1) is 10.9. The molecule has 4 rings (SSSR count). The van der Waals surface area contributed by atoms with Gasteiger partial charge in [0.15, 0.2) is 0 Å². The molecular formula is C22H28SiTi. The number of rotatable bonds is 2. The van der Waals surface area contributed by atoms with E-state index in [1.54, 1.807) is 3.88 Å². The molecule has 124 valence electrons. The first-order valence-corrected chi connectivity index (χ1v) is 21.0. The first kappa shape index (κ1) is 16.3. The van der Waals surface area contributed by atoms with Gasteiger partial charge in [0.05, 0.1) is 0 Å². The van der Waals surface area contributed by atoms with Crippen molar-refractivity contribution >= 4 is 7.63 Å². The van der Waals surface area contributed by atoms with E-state index in [4.69, 9.17) is 0 Å². The van der Waals surface area contributed by atoms with Crippen molar-refractivity contribution < 1.29 is 11.5 Å². The molecule has 2 aromatic rings. The van der Waals surface area contributed by atoms with Gasteiger partial charge in [0.25, 0.3) is 0 Å². The van der Waals surface area contributed by atoms with Gasteiger partial charge in [-0.3, -0.25) is 0 Å². The van der Waals surface area contributed by atoms with Crippen molar-refractivity contribution in [2.75, 3.05) is 0 Å². The normalized spacial score (nSPS) is 21.2. The predicted molar refractivity (Wildman–Crippen MR) is 108 cm³/mol. The third-order valence-electron chi connectivity index (χ3n) is 6.81. The third-order valence-corrected chi connectivity index (χ3v) is 21.9. The summed E-state index contributed by atoms with van der Waals surface area (Å²) in [6.07, 6.45) is 8.13. The van der Waals surface area contributed by atoms with Gasteiger partial charge in [-0.25, -0.2) is 0 Å². The van der Waals surface area contributed by atoms with Gasteiger partial charge in [0.2, 0.25) is 0 Å². The molecule has 0 aliphatic heterocycles. The summed E-state index contributed by atoms with van der Waals surface area (Å²) in [5.74, 6) is 0. The Balaban J connectivity index is 2.16. The van der Waals surface area contributed by atoms with E-state index in [0.717, 1.165) is 6.42 Å². The minimum atomic E-state index is -4.04. The molecule has 0 heterocycles. The number of hydrogen-bond donors (Lipinski definition) is 0. The number of hydrogen-bond acceptors (Lipinski definition) is 0. The monoisotopic (exact) mass is 368 g/mol. The van der Waals surface area contributed by atoms with Crippen LogP contribution < -0.4 is 0 Å². The van der Waals surface area contributed by atoms with Gasteiger partial charge in [-0.15, -0.1) is 0 Å². The van der Waals surface area contributed by atoms with E-state index in [0.29, 0.717) is 4.22 Å². The van der Waals surface area contributed by atoms with Crippen LogP contribution in [0.4, 0.5) is 0 Å². The number of fused-ring (bicyclic) bond motifs is 3. The van der Waals surface area contributed by atoms with E-state index in [1.807, 2.05) is 0 Å². The molecule has 0 unspecified atom stereocenters. The summed E-state index contributed by atoms with van der Waals surface area (Å²) in [6.45, 7) is 0. The average Bonchev–Trinajstić information content (AvgIpc) is 3.13. The van der Waals surface area contributed by atoms with Gasteiger partial charge in [-0.2, -0.15) is 0 Å². The van der Waals surface area contributed by atoms with Crippen molar-refractivity contribution in [2.45, 2.75) is 31.6 Å². The van der Waals surface area contributed by atoms with Crippen molar-refractivity contribution in [3.8, 4) is 11.1 Å². The quantitative estimate of drug-likeness (QED) is 0.562. The molecule has 0 nitrogen and oxygen atoms in total. The Bertz CT molecular complexity index is 1010. The van der Waals surface area contributed by atoms with Crippen LogP contribution in [-0.4, -0.2) is 7.63 Å². The SMILES string of the molecule is [CH3][Ti]([CH3])([CH3])([CH3])(=[SiH2])([C]1=CC=CC1)[CH]1c2ccccc2-c2ccccc21. The van der Waals surface area contributed by atoms with Crippen molar-refractivity contribution in [1.82, 2.24) is 0 Å². The summed E-state index contributed by atoms with van der Waals surface area (Å²) in [4.78, 5) is 0. The summed E-state index contributed by atoms with van der Waals surface area (Å²) < 4.78 is 2.17.